The summed E-state index contributed by atoms with van der Waals surface area (Å²) in [6, 6.07) is 0.842. The van der Waals surface area contributed by atoms with Gasteiger partial charge in [0.05, 0.1) is 6.61 Å². The summed E-state index contributed by atoms with van der Waals surface area (Å²) in [7, 11) is 1.91. The van der Waals surface area contributed by atoms with E-state index >= 15 is 0 Å². The number of esters is 1. The second-order valence-corrected chi connectivity index (χ2v) is 4.75. The molecule has 3 heterocycles. The van der Waals surface area contributed by atoms with Crippen LogP contribution in [-0.2, 0) is 18.2 Å². The maximum Gasteiger partial charge on any atom is 0.359 e. The van der Waals surface area contributed by atoms with E-state index in [2.05, 4.69) is 10.4 Å². The van der Waals surface area contributed by atoms with Crippen molar-refractivity contribution in [1.82, 2.24) is 15.1 Å². The first-order valence-corrected chi connectivity index (χ1v) is 6.19. The molecule has 17 heavy (non-hydrogen) atoms. The Morgan fingerprint density at radius 2 is 2.41 bits per heavy atom. The Morgan fingerprint density at radius 1 is 1.59 bits per heavy atom. The summed E-state index contributed by atoms with van der Waals surface area (Å²) in [6.45, 7) is 2.21. The highest BCUT2D eigenvalue weighted by Crippen LogP contribution is 2.37. The molecule has 2 aliphatic rings. The van der Waals surface area contributed by atoms with E-state index in [1.807, 2.05) is 18.7 Å². The number of nitrogens with one attached hydrogen (secondary N) is 1. The molecule has 92 valence electrons. The van der Waals surface area contributed by atoms with Gasteiger partial charge in [0, 0.05) is 36.8 Å². The molecule has 0 spiro atoms. The van der Waals surface area contributed by atoms with Gasteiger partial charge >= 0.3 is 5.97 Å². The van der Waals surface area contributed by atoms with Crippen molar-refractivity contribution < 1.29 is 9.53 Å². The van der Waals surface area contributed by atoms with Gasteiger partial charge in [-0.05, 0) is 19.8 Å². The topological polar surface area (TPSA) is 56.1 Å². The second kappa shape index (κ2) is 3.84. The number of hydrogen-bond donors (Lipinski definition) is 1. The van der Waals surface area contributed by atoms with Crippen LogP contribution >= 0.6 is 0 Å². The molecule has 0 amide bonds. The first-order chi connectivity index (χ1) is 8.20. The first-order valence-electron chi connectivity index (χ1n) is 6.19. The van der Waals surface area contributed by atoms with Crippen LogP contribution in [0, 0.1) is 0 Å². The van der Waals surface area contributed by atoms with E-state index < -0.39 is 0 Å². The van der Waals surface area contributed by atoms with Crippen molar-refractivity contribution in [2.75, 3.05) is 6.61 Å². The zero-order chi connectivity index (χ0) is 12.0. The number of fused-ring (bicyclic) bond motifs is 4. The van der Waals surface area contributed by atoms with Crippen molar-refractivity contribution in [3.8, 4) is 0 Å². The summed E-state index contributed by atoms with van der Waals surface area (Å²) < 4.78 is 6.91. The Hall–Kier alpha value is -1.36. The molecular weight excluding hydrogens is 218 g/mol. The number of aromatic nitrogens is 2. The van der Waals surface area contributed by atoms with Crippen molar-refractivity contribution in [1.29, 1.82) is 0 Å². The number of aryl methyl sites for hydroxylation is 1. The van der Waals surface area contributed by atoms with Crippen LogP contribution in [0.25, 0.3) is 0 Å². The normalized spacial score (nSPS) is 25.8. The van der Waals surface area contributed by atoms with E-state index in [-0.39, 0.29) is 12.0 Å². The fourth-order valence-electron chi connectivity index (χ4n) is 2.97. The van der Waals surface area contributed by atoms with Crippen molar-refractivity contribution in [3.63, 3.8) is 0 Å². The lowest BCUT2D eigenvalue weighted by molar-refractivity contribution is 0.0516. The summed E-state index contributed by atoms with van der Waals surface area (Å²) in [5, 5.41) is 7.87. The average Bonchev–Trinajstić information content (AvgIpc) is 2.83. The van der Waals surface area contributed by atoms with E-state index in [0.29, 0.717) is 18.3 Å². The number of nitrogens with zero attached hydrogens (tertiary/aromatic N) is 2. The molecule has 3 rings (SSSR count). The van der Waals surface area contributed by atoms with Crippen LogP contribution in [0.2, 0.25) is 0 Å². The molecule has 0 aromatic carbocycles. The van der Waals surface area contributed by atoms with Gasteiger partial charge in [-0.2, -0.15) is 5.10 Å². The molecule has 1 aromatic heterocycles. The Bertz CT molecular complexity index is 467. The van der Waals surface area contributed by atoms with Crippen molar-refractivity contribution in [2.45, 2.75) is 38.3 Å². The maximum atomic E-state index is 11.9. The van der Waals surface area contributed by atoms with Crippen LogP contribution in [0.3, 0.4) is 0 Å². The van der Waals surface area contributed by atoms with E-state index in [1.54, 1.807) is 0 Å². The first kappa shape index (κ1) is 10.8. The highest BCUT2D eigenvalue weighted by molar-refractivity contribution is 5.89. The number of ether oxygens (including phenoxy) is 1. The van der Waals surface area contributed by atoms with Gasteiger partial charge in [-0.1, -0.05) is 0 Å². The van der Waals surface area contributed by atoms with Crippen LogP contribution < -0.4 is 5.32 Å². The summed E-state index contributed by atoms with van der Waals surface area (Å²) >= 11 is 0. The molecule has 1 fully saturated rings. The van der Waals surface area contributed by atoms with Gasteiger partial charge < -0.3 is 10.1 Å². The van der Waals surface area contributed by atoms with E-state index in [9.17, 15) is 4.79 Å². The minimum atomic E-state index is -0.295. The van der Waals surface area contributed by atoms with E-state index in [0.717, 1.165) is 18.4 Å². The fourth-order valence-corrected chi connectivity index (χ4v) is 2.97. The Morgan fingerprint density at radius 3 is 3.18 bits per heavy atom. The van der Waals surface area contributed by atoms with Gasteiger partial charge in [-0.25, -0.2) is 4.79 Å². The minimum Gasteiger partial charge on any atom is -0.461 e. The molecule has 2 atom stereocenters. The molecule has 2 unspecified atom stereocenters. The lowest BCUT2D eigenvalue weighted by atomic mass is 9.99. The third-order valence-electron chi connectivity index (χ3n) is 3.70. The van der Waals surface area contributed by atoms with Crippen LogP contribution in [0.4, 0.5) is 0 Å². The second-order valence-electron chi connectivity index (χ2n) is 4.75. The zero-order valence-electron chi connectivity index (χ0n) is 10.2. The maximum absolute atomic E-state index is 11.9. The SMILES string of the molecule is CCOC(=O)c1nn(C)c2c1C1CCC(C2)N1. The Kier molecular flexibility index (Phi) is 2.43. The number of carbonyl (C=O) groups excluding carboxylic acids is 1. The number of hydrogen-bond acceptors (Lipinski definition) is 4. The molecule has 0 saturated carbocycles. The smallest absolute Gasteiger partial charge is 0.359 e. The van der Waals surface area contributed by atoms with Gasteiger partial charge in [-0.15, -0.1) is 0 Å². The average molecular weight is 235 g/mol. The Balaban J connectivity index is 2.04. The quantitative estimate of drug-likeness (QED) is 0.775. The van der Waals surface area contributed by atoms with Crippen molar-refractivity contribution >= 4 is 5.97 Å². The van der Waals surface area contributed by atoms with Gasteiger partial charge in [-0.3, -0.25) is 4.68 Å². The molecule has 1 aromatic rings. The largest absolute Gasteiger partial charge is 0.461 e. The molecular formula is C12H17N3O2. The zero-order valence-corrected chi connectivity index (χ0v) is 10.2. The fraction of sp³-hybridized carbons (Fsp3) is 0.667. The summed E-state index contributed by atoms with van der Waals surface area (Å²) in [5.74, 6) is -0.295. The van der Waals surface area contributed by atoms with Crippen molar-refractivity contribution in [2.24, 2.45) is 7.05 Å². The lowest BCUT2D eigenvalue weighted by Gasteiger charge is -2.22. The third kappa shape index (κ3) is 1.57. The van der Waals surface area contributed by atoms with Crippen LogP contribution in [0.5, 0.6) is 0 Å². The van der Waals surface area contributed by atoms with Gasteiger partial charge in [0.15, 0.2) is 5.69 Å². The Labute approximate surface area is 100 Å². The lowest BCUT2D eigenvalue weighted by Crippen LogP contribution is -2.33. The monoisotopic (exact) mass is 235 g/mol. The standard InChI is InChI=1S/C12H17N3O2/c1-3-17-12(16)11-10-8-5-4-7(13-8)6-9(10)15(2)14-11/h7-8,13H,3-6H2,1-2H3. The van der Waals surface area contributed by atoms with Crippen LogP contribution in [0.15, 0.2) is 0 Å². The molecule has 2 bridgehead atoms. The highest BCUT2D eigenvalue weighted by atomic mass is 16.5. The summed E-state index contributed by atoms with van der Waals surface area (Å²) in [4.78, 5) is 11.9. The van der Waals surface area contributed by atoms with Gasteiger partial charge in [0.25, 0.3) is 0 Å². The summed E-state index contributed by atoms with van der Waals surface area (Å²) in [5.41, 5.74) is 2.77. The van der Waals surface area contributed by atoms with Crippen LogP contribution in [0.1, 0.15) is 47.6 Å². The molecule has 1 N–H and O–H groups in total. The molecule has 5 nitrogen and oxygen atoms in total. The third-order valence-corrected chi connectivity index (χ3v) is 3.70. The predicted molar refractivity (Wildman–Crippen MR) is 61.8 cm³/mol. The van der Waals surface area contributed by atoms with E-state index in [4.69, 9.17) is 4.74 Å². The molecule has 2 aliphatic heterocycles. The molecule has 5 heteroatoms. The van der Waals surface area contributed by atoms with Gasteiger partial charge in [0.1, 0.15) is 0 Å². The van der Waals surface area contributed by atoms with Crippen molar-refractivity contribution in [3.05, 3.63) is 17.0 Å². The predicted octanol–water partition coefficient (Wildman–Crippen LogP) is 0.946. The highest BCUT2D eigenvalue weighted by Gasteiger charge is 2.38. The van der Waals surface area contributed by atoms with Crippen LogP contribution in [-0.4, -0.2) is 28.4 Å². The molecule has 1 saturated heterocycles. The summed E-state index contributed by atoms with van der Waals surface area (Å²) in [6.07, 6.45) is 3.24. The minimum absolute atomic E-state index is 0.289. The van der Waals surface area contributed by atoms with E-state index in [1.165, 1.54) is 12.1 Å². The molecule has 0 radical (unpaired) electrons. The molecule has 0 aliphatic carbocycles. The number of carbonyl (C=O) groups is 1. The number of rotatable bonds is 2. The van der Waals surface area contributed by atoms with Gasteiger partial charge in [0.2, 0.25) is 0 Å².